The van der Waals surface area contributed by atoms with Gasteiger partial charge in [0.2, 0.25) is 11.6 Å². The number of ketones is 1. The first-order valence-corrected chi connectivity index (χ1v) is 10.9. The number of carbonyl (C=O) groups excluding carboxylic acids is 1. The van der Waals surface area contributed by atoms with E-state index in [9.17, 15) is 4.79 Å². The molecule has 8 heteroatoms. The van der Waals surface area contributed by atoms with Crippen molar-refractivity contribution in [2.75, 3.05) is 21.3 Å². The molecule has 1 unspecified atom stereocenters. The quantitative estimate of drug-likeness (QED) is 0.371. The number of methoxy groups -OCH3 is 3. The average molecular weight is 441 g/mol. The molecule has 0 aliphatic heterocycles. The molecule has 3 aromatic rings. The summed E-state index contributed by atoms with van der Waals surface area (Å²) in [6.07, 6.45) is 3.29. The van der Waals surface area contributed by atoms with Gasteiger partial charge in [-0.2, -0.15) is 0 Å². The van der Waals surface area contributed by atoms with E-state index in [0.717, 1.165) is 24.8 Å². The molecule has 0 saturated carbocycles. The predicted molar refractivity (Wildman–Crippen MR) is 118 cm³/mol. The van der Waals surface area contributed by atoms with Gasteiger partial charge in [-0.3, -0.25) is 4.79 Å². The van der Waals surface area contributed by atoms with Gasteiger partial charge in [0.05, 0.1) is 26.6 Å². The second kappa shape index (κ2) is 9.01. The zero-order valence-corrected chi connectivity index (χ0v) is 18.7. The van der Waals surface area contributed by atoms with Crippen molar-refractivity contribution in [1.82, 2.24) is 10.2 Å². The van der Waals surface area contributed by atoms with Gasteiger partial charge in [-0.15, -0.1) is 10.2 Å². The third kappa shape index (κ3) is 4.25. The minimum Gasteiger partial charge on any atom is -0.493 e. The second-order valence-corrected chi connectivity index (χ2v) is 8.54. The Kier molecular flexibility index (Phi) is 6.18. The Bertz CT molecular complexity index is 1090. The minimum absolute atomic E-state index is 0.0484. The summed E-state index contributed by atoms with van der Waals surface area (Å²) in [5, 5.41) is 8.20. The number of fused-ring (bicyclic) bond motifs is 1. The van der Waals surface area contributed by atoms with Crippen LogP contribution in [-0.2, 0) is 12.8 Å². The largest absolute Gasteiger partial charge is 0.493 e. The topological polar surface area (TPSA) is 83.7 Å². The maximum atomic E-state index is 12.9. The van der Waals surface area contributed by atoms with E-state index < -0.39 is 0 Å². The van der Waals surface area contributed by atoms with E-state index in [1.165, 1.54) is 22.9 Å². The number of hydrogen-bond acceptors (Lipinski definition) is 8. The van der Waals surface area contributed by atoms with Crippen LogP contribution in [0.3, 0.4) is 0 Å². The van der Waals surface area contributed by atoms with Gasteiger partial charge in [-0.25, -0.2) is 0 Å². The van der Waals surface area contributed by atoms with Crippen LogP contribution in [0.1, 0.15) is 34.8 Å². The first-order valence-electron chi connectivity index (χ1n) is 10.0. The SMILES string of the molecule is COc1cc(-c2nnc(SC(C)C(=O)c3ccc4c(c3)CCC4)o2)cc(OC)c1OC. The molecule has 1 aliphatic carbocycles. The lowest BCUT2D eigenvalue weighted by Crippen LogP contribution is -2.13. The molecule has 0 fully saturated rings. The van der Waals surface area contributed by atoms with E-state index in [2.05, 4.69) is 16.3 Å². The molecule has 1 aromatic heterocycles. The zero-order valence-electron chi connectivity index (χ0n) is 17.9. The Morgan fingerprint density at radius 1 is 1.00 bits per heavy atom. The van der Waals surface area contributed by atoms with Crippen molar-refractivity contribution in [3.05, 3.63) is 47.0 Å². The summed E-state index contributed by atoms with van der Waals surface area (Å²) in [5.41, 5.74) is 3.99. The van der Waals surface area contributed by atoms with Gasteiger partial charge in [0, 0.05) is 11.1 Å². The number of carbonyl (C=O) groups is 1. The van der Waals surface area contributed by atoms with E-state index in [-0.39, 0.29) is 11.0 Å². The molecule has 7 nitrogen and oxygen atoms in total. The number of benzene rings is 2. The van der Waals surface area contributed by atoms with Crippen molar-refractivity contribution in [3.63, 3.8) is 0 Å². The molecular formula is C23H24N2O5S. The number of thioether (sulfide) groups is 1. The molecule has 2 aromatic carbocycles. The van der Waals surface area contributed by atoms with Crippen LogP contribution in [0.4, 0.5) is 0 Å². The van der Waals surface area contributed by atoms with E-state index in [0.29, 0.717) is 33.9 Å². The Hall–Kier alpha value is -3.00. The van der Waals surface area contributed by atoms with Crippen LogP contribution in [-0.4, -0.2) is 42.6 Å². The third-order valence-electron chi connectivity index (χ3n) is 5.35. The highest BCUT2D eigenvalue weighted by molar-refractivity contribution is 8.00. The standard InChI is InChI=1S/C23H24N2O5S/c1-13(20(26)16-9-8-14-6-5-7-15(14)10-16)31-23-25-24-22(30-23)17-11-18(27-2)21(29-4)19(12-17)28-3/h8-13H,5-7H2,1-4H3. The van der Waals surface area contributed by atoms with Crippen LogP contribution in [0.15, 0.2) is 40.0 Å². The summed E-state index contributed by atoms with van der Waals surface area (Å²) in [6.45, 7) is 1.85. The van der Waals surface area contributed by atoms with Gasteiger partial charge in [0.25, 0.3) is 5.22 Å². The van der Waals surface area contributed by atoms with Crippen molar-refractivity contribution in [1.29, 1.82) is 0 Å². The van der Waals surface area contributed by atoms with Crippen molar-refractivity contribution in [3.8, 4) is 28.7 Å². The fraction of sp³-hybridized carbons (Fsp3) is 0.348. The van der Waals surface area contributed by atoms with Gasteiger partial charge in [0.15, 0.2) is 17.3 Å². The number of ether oxygens (including phenoxy) is 3. The van der Waals surface area contributed by atoms with Crippen molar-refractivity contribution in [2.45, 2.75) is 36.7 Å². The summed E-state index contributed by atoms with van der Waals surface area (Å²) in [4.78, 5) is 12.9. The number of aromatic nitrogens is 2. The Morgan fingerprint density at radius 2 is 1.71 bits per heavy atom. The van der Waals surface area contributed by atoms with E-state index in [1.807, 2.05) is 19.1 Å². The molecule has 4 rings (SSSR count). The highest BCUT2D eigenvalue weighted by Gasteiger charge is 2.23. The van der Waals surface area contributed by atoms with Gasteiger partial charge in [-0.1, -0.05) is 23.9 Å². The van der Waals surface area contributed by atoms with Crippen molar-refractivity contribution < 1.29 is 23.4 Å². The number of rotatable bonds is 8. The zero-order chi connectivity index (χ0) is 22.0. The Labute approximate surface area is 185 Å². The molecule has 0 bridgehead atoms. The molecule has 0 spiro atoms. The molecule has 0 saturated heterocycles. The third-order valence-corrected chi connectivity index (χ3v) is 6.28. The molecule has 1 atom stereocenters. The lowest BCUT2D eigenvalue weighted by molar-refractivity contribution is 0.0993. The molecule has 0 N–H and O–H groups in total. The number of Topliss-reactive ketones (excluding diaryl/α,β-unsaturated/α-hetero) is 1. The van der Waals surface area contributed by atoms with Crippen LogP contribution in [0.5, 0.6) is 17.2 Å². The normalized spacial score (nSPS) is 13.5. The van der Waals surface area contributed by atoms with Crippen LogP contribution in [0.2, 0.25) is 0 Å². The van der Waals surface area contributed by atoms with Crippen molar-refractivity contribution >= 4 is 17.5 Å². The number of hydrogen-bond donors (Lipinski definition) is 0. The summed E-state index contributed by atoms with van der Waals surface area (Å²) < 4.78 is 21.9. The second-order valence-electron chi connectivity index (χ2n) is 7.25. The smallest absolute Gasteiger partial charge is 0.277 e. The first kappa shape index (κ1) is 21.2. The highest BCUT2D eigenvalue weighted by atomic mass is 32.2. The highest BCUT2D eigenvalue weighted by Crippen LogP contribution is 2.41. The summed E-state index contributed by atoms with van der Waals surface area (Å²) in [5.74, 6) is 1.82. The van der Waals surface area contributed by atoms with Crippen LogP contribution in [0, 0.1) is 0 Å². The molecule has 0 amide bonds. The molecule has 162 valence electrons. The Morgan fingerprint density at radius 3 is 2.39 bits per heavy atom. The molecule has 1 aliphatic rings. The van der Waals surface area contributed by atoms with Crippen molar-refractivity contribution in [2.24, 2.45) is 0 Å². The molecule has 1 heterocycles. The fourth-order valence-corrected chi connectivity index (χ4v) is 4.50. The predicted octanol–water partition coefficient (Wildman–Crippen LogP) is 4.61. The van der Waals surface area contributed by atoms with Gasteiger partial charge in [-0.05, 0) is 55.5 Å². The number of aryl methyl sites for hydroxylation is 2. The Balaban J connectivity index is 1.52. The van der Waals surface area contributed by atoms with E-state index in [4.69, 9.17) is 18.6 Å². The fourth-order valence-electron chi connectivity index (χ4n) is 3.74. The van der Waals surface area contributed by atoms with Gasteiger partial charge >= 0.3 is 0 Å². The summed E-state index contributed by atoms with van der Waals surface area (Å²) in [7, 11) is 4.63. The lowest BCUT2D eigenvalue weighted by Gasteiger charge is -2.12. The van der Waals surface area contributed by atoms with Gasteiger partial charge in [0.1, 0.15) is 0 Å². The summed E-state index contributed by atoms with van der Waals surface area (Å²) in [6, 6.07) is 9.49. The van der Waals surface area contributed by atoms with Crippen LogP contribution >= 0.6 is 11.8 Å². The minimum atomic E-state index is -0.354. The monoisotopic (exact) mass is 440 g/mol. The maximum absolute atomic E-state index is 12.9. The van der Waals surface area contributed by atoms with E-state index >= 15 is 0 Å². The molecule has 0 radical (unpaired) electrons. The maximum Gasteiger partial charge on any atom is 0.277 e. The van der Waals surface area contributed by atoms with E-state index in [1.54, 1.807) is 33.5 Å². The average Bonchev–Trinajstić information content (AvgIpc) is 3.46. The van der Waals surface area contributed by atoms with Gasteiger partial charge < -0.3 is 18.6 Å². The number of nitrogens with zero attached hydrogens (tertiary/aromatic N) is 2. The molecular weight excluding hydrogens is 416 g/mol. The molecule has 31 heavy (non-hydrogen) atoms. The van der Waals surface area contributed by atoms with Crippen LogP contribution in [0.25, 0.3) is 11.5 Å². The summed E-state index contributed by atoms with van der Waals surface area (Å²) >= 11 is 1.25. The first-order chi connectivity index (χ1) is 15.0. The lowest BCUT2D eigenvalue weighted by atomic mass is 10.0. The van der Waals surface area contributed by atoms with Crippen LogP contribution < -0.4 is 14.2 Å².